The van der Waals surface area contributed by atoms with E-state index in [0.29, 0.717) is 12.4 Å². The molecule has 0 fully saturated rings. The third-order valence-electron chi connectivity index (χ3n) is 1.68. The molecule has 3 heteroatoms. The summed E-state index contributed by atoms with van der Waals surface area (Å²) in [4.78, 5) is 4.92. The van der Waals surface area contributed by atoms with E-state index in [1.165, 1.54) is 5.57 Å². The van der Waals surface area contributed by atoms with Crippen molar-refractivity contribution in [2.24, 2.45) is 16.3 Å². The van der Waals surface area contributed by atoms with E-state index in [0.717, 1.165) is 0 Å². The molecule has 3 nitrogen and oxygen atoms in total. The van der Waals surface area contributed by atoms with Crippen LogP contribution >= 0.6 is 0 Å². The maximum absolute atomic E-state index is 5.47. The van der Waals surface area contributed by atoms with Crippen LogP contribution in [0.1, 0.15) is 20.8 Å². The van der Waals surface area contributed by atoms with Crippen molar-refractivity contribution in [3.8, 4) is 0 Å². The molecule has 0 radical (unpaired) electrons. The quantitative estimate of drug-likeness (QED) is 0.571. The van der Waals surface area contributed by atoms with Crippen molar-refractivity contribution in [2.75, 3.05) is 6.61 Å². The van der Waals surface area contributed by atoms with E-state index in [4.69, 9.17) is 10.6 Å². The van der Waals surface area contributed by atoms with Gasteiger partial charge in [-0.15, -0.1) is 0 Å². The number of nitrogens with two attached hydrogens (primary N) is 1. The fraction of sp³-hybridized carbons (Fsp3) is 0.625. The van der Waals surface area contributed by atoms with Crippen LogP contribution in [-0.2, 0) is 4.84 Å². The van der Waals surface area contributed by atoms with Gasteiger partial charge in [0, 0.05) is 0 Å². The number of rotatable bonds is 0. The Labute approximate surface area is 66.9 Å². The van der Waals surface area contributed by atoms with E-state index in [-0.39, 0.29) is 5.41 Å². The highest BCUT2D eigenvalue weighted by Crippen LogP contribution is 2.26. The number of hydrogen-bond acceptors (Lipinski definition) is 3. The number of amidine groups is 1. The van der Waals surface area contributed by atoms with Crippen molar-refractivity contribution in [2.45, 2.75) is 20.8 Å². The van der Waals surface area contributed by atoms with Crippen LogP contribution in [-0.4, -0.2) is 12.4 Å². The third-order valence-corrected chi connectivity index (χ3v) is 1.68. The molecule has 0 unspecified atom stereocenters. The Morgan fingerprint density at radius 3 is 2.55 bits per heavy atom. The van der Waals surface area contributed by atoms with Crippen molar-refractivity contribution >= 4 is 5.84 Å². The fourth-order valence-corrected chi connectivity index (χ4v) is 0.856. The first-order chi connectivity index (χ1) is 5.00. The topological polar surface area (TPSA) is 47.6 Å². The zero-order chi connectivity index (χ0) is 8.48. The molecule has 0 aromatic rings. The van der Waals surface area contributed by atoms with Crippen LogP contribution in [0.4, 0.5) is 0 Å². The zero-order valence-corrected chi connectivity index (χ0v) is 7.22. The lowest BCUT2D eigenvalue weighted by Crippen LogP contribution is -2.22. The number of hydrogen-bond donors (Lipinski definition) is 1. The van der Waals surface area contributed by atoms with Crippen molar-refractivity contribution < 1.29 is 4.84 Å². The lowest BCUT2D eigenvalue weighted by Gasteiger charge is -2.23. The van der Waals surface area contributed by atoms with Crippen molar-refractivity contribution in [1.29, 1.82) is 0 Å². The molecule has 0 aromatic carbocycles. The van der Waals surface area contributed by atoms with E-state index >= 15 is 0 Å². The molecule has 1 aliphatic heterocycles. The summed E-state index contributed by atoms with van der Waals surface area (Å²) in [6, 6.07) is 0. The Morgan fingerprint density at radius 1 is 1.55 bits per heavy atom. The molecule has 0 amide bonds. The minimum atomic E-state index is 0.126. The Hall–Kier alpha value is -0.990. The van der Waals surface area contributed by atoms with Crippen LogP contribution in [0.25, 0.3) is 0 Å². The minimum Gasteiger partial charge on any atom is -0.390 e. The van der Waals surface area contributed by atoms with E-state index < -0.39 is 0 Å². The van der Waals surface area contributed by atoms with Gasteiger partial charge in [0.25, 0.3) is 0 Å². The van der Waals surface area contributed by atoms with Crippen LogP contribution in [0.2, 0.25) is 0 Å². The van der Waals surface area contributed by atoms with Gasteiger partial charge in [-0.25, -0.2) is 0 Å². The summed E-state index contributed by atoms with van der Waals surface area (Å²) in [5.41, 5.74) is 6.78. The van der Waals surface area contributed by atoms with Gasteiger partial charge in [0.2, 0.25) is 0 Å². The van der Waals surface area contributed by atoms with Gasteiger partial charge in [-0.1, -0.05) is 25.9 Å². The molecule has 0 aromatic heterocycles. The van der Waals surface area contributed by atoms with Gasteiger partial charge in [0.15, 0.2) is 5.84 Å². The first-order valence-corrected chi connectivity index (χ1v) is 3.66. The largest absolute Gasteiger partial charge is 0.390 e. The van der Waals surface area contributed by atoms with E-state index in [1.54, 1.807) is 0 Å². The fourth-order valence-electron chi connectivity index (χ4n) is 0.856. The molecule has 0 bridgehead atoms. The van der Waals surface area contributed by atoms with Gasteiger partial charge in [-0.05, 0) is 17.1 Å². The average molecular weight is 154 g/mol. The minimum absolute atomic E-state index is 0.126. The highest BCUT2D eigenvalue weighted by atomic mass is 16.6. The molecule has 62 valence electrons. The predicted octanol–water partition coefficient (Wildman–Crippen LogP) is 1.26. The molecule has 2 N–H and O–H groups in total. The van der Waals surface area contributed by atoms with Crippen LogP contribution < -0.4 is 5.73 Å². The van der Waals surface area contributed by atoms with Gasteiger partial charge in [0.1, 0.15) is 6.61 Å². The monoisotopic (exact) mass is 154 g/mol. The normalized spacial score (nSPS) is 18.5. The lowest BCUT2D eigenvalue weighted by molar-refractivity contribution is 0.150. The molecule has 0 saturated heterocycles. The Balaban J connectivity index is 2.82. The Bertz CT molecular complexity index is 211. The maximum atomic E-state index is 5.47. The van der Waals surface area contributed by atoms with Gasteiger partial charge < -0.3 is 10.6 Å². The lowest BCUT2D eigenvalue weighted by atomic mass is 9.86. The molecule has 0 spiro atoms. The molecule has 1 aliphatic rings. The molecule has 1 heterocycles. The molecule has 0 atom stereocenters. The molecular weight excluding hydrogens is 140 g/mol. The molecular formula is C8H14N2O. The summed E-state index contributed by atoms with van der Waals surface area (Å²) in [5.74, 6) is 0.459. The molecule has 0 saturated carbocycles. The number of nitrogens with zero attached hydrogens (tertiary/aromatic N) is 1. The standard InChI is InChI=1S/C8H14N2O/c1-8(2,3)6-4-7(9)10-11-5-6/h4H,5H2,1-3H3,(H2,9,10). The van der Waals surface area contributed by atoms with Crippen LogP contribution in [0.3, 0.4) is 0 Å². The van der Waals surface area contributed by atoms with Crippen LogP contribution in [0.5, 0.6) is 0 Å². The second kappa shape index (κ2) is 2.57. The second-order valence-electron chi connectivity index (χ2n) is 3.71. The predicted molar refractivity (Wildman–Crippen MR) is 45.1 cm³/mol. The van der Waals surface area contributed by atoms with E-state index in [2.05, 4.69) is 25.9 Å². The summed E-state index contributed by atoms with van der Waals surface area (Å²) in [7, 11) is 0. The smallest absolute Gasteiger partial charge is 0.163 e. The van der Waals surface area contributed by atoms with Crippen molar-refractivity contribution in [3.63, 3.8) is 0 Å². The summed E-state index contributed by atoms with van der Waals surface area (Å²) in [6.07, 6.45) is 1.88. The number of oxime groups is 1. The Morgan fingerprint density at radius 2 is 2.18 bits per heavy atom. The molecule has 11 heavy (non-hydrogen) atoms. The maximum Gasteiger partial charge on any atom is 0.163 e. The summed E-state index contributed by atoms with van der Waals surface area (Å²) >= 11 is 0. The average Bonchev–Trinajstić information content (AvgIpc) is 1.86. The first-order valence-electron chi connectivity index (χ1n) is 3.66. The van der Waals surface area contributed by atoms with Crippen LogP contribution in [0, 0.1) is 5.41 Å². The Kier molecular flexibility index (Phi) is 1.89. The van der Waals surface area contributed by atoms with Crippen molar-refractivity contribution in [1.82, 2.24) is 0 Å². The van der Waals surface area contributed by atoms with E-state index in [1.807, 2.05) is 6.08 Å². The van der Waals surface area contributed by atoms with E-state index in [9.17, 15) is 0 Å². The van der Waals surface area contributed by atoms with Gasteiger partial charge in [-0.2, -0.15) is 0 Å². The highest BCUT2D eigenvalue weighted by molar-refractivity contribution is 5.92. The zero-order valence-electron chi connectivity index (χ0n) is 7.22. The van der Waals surface area contributed by atoms with Crippen LogP contribution in [0.15, 0.2) is 16.8 Å². The highest BCUT2D eigenvalue weighted by Gasteiger charge is 2.19. The van der Waals surface area contributed by atoms with Gasteiger partial charge in [0.05, 0.1) is 0 Å². The molecule has 1 rings (SSSR count). The second-order valence-corrected chi connectivity index (χ2v) is 3.71. The first kappa shape index (κ1) is 8.11. The summed E-state index contributed by atoms with van der Waals surface area (Å²) in [6.45, 7) is 6.94. The van der Waals surface area contributed by atoms with Gasteiger partial charge in [-0.3, -0.25) is 0 Å². The third kappa shape index (κ3) is 1.97. The van der Waals surface area contributed by atoms with Gasteiger partial charge >= 0.3 is 0 Å². The summed E-state index contributed by atoms with van der Waals surface area (Å²) < 4.78 is 0. The molecule has 0 aliphatic carbocycles. The summed E-state index contributed by atoms with van der Waals surface area (Å²) in [5, 5.41) is 3.61. The SMILES string of the molecule is CC(C)(C)C1=CC(N)=NOC1. The van der Waals surface area contributed by atoms with Crippen molar-refractivity contribution in [3.05, 3.63) is 11.6 Å².